The summed E-state index contributed by atoms with van der Waals surface area (Å²) < 4.78 is 6.11. The number of rotatable bonds is 10. The fourth-order valence-electron chi connectivity index (χ4n) is 3.77. The van der Waals surface area contributed by atoms with E-state index in [1.165, 1.54) is 0 Å². The molecule has 3 N–H and O–H groups in total. The van der Waals surface area contributed by atoms with Gasteiger partial charge in [0.05, 0.1) is 11.6 Å². The van der Waals surface area contributed by atoms with Crippen molar-refractivity contribution in [2.24, 2.45) is 0 Å². The summed E-state index contributed by atoms with van der Waals surface area (Å²) in [5, 5.41) is 17.8. The molecule has 0 aliphatic heterocycles. The molecule has 3 aromatic carbocycles. The van der Waals surface area contributed by atoms with Gasteiger partial charge < -0.3 is 20.5 Å². The van der Waals surface area contributed by atoms with Crippen LogP contribution < -0.4 is 15.4 Å². The molecule has 0 saturated carbocycles. The summed E-state index contributed by atoms with van der Waals surface area (Å²) in [6.45, 7) is 3.65. The maximum atomic E-state index is 12.1. The van der Waals surface area contributed by atoms with Gasteiger partial charge in [0, 0.05) is 35.3 Å². The third-order valence-corrected chi connectivity index (χ3v) is 5.85. The molecule has 6 nitrogen and oxygen atoms in total. The number of fused-ring (bicyclic) bond motifs is 1. The lowest BCUT2D eigenvalue weighted by Gasteiger charge is -2.13. The number of nitrogens with one attached hydrogen (secondary N) is 2. The van der Waals surface area contributed by atoms with Crippen LogP contribution in [0.2, 0.25) is 5.02 Å². The standard InChI is InChI=1S/C28H28ClN3O3.2ClH/c1-2-31-28(34)21-8-11-24-25(17-21)32-15-13-27(24)35-23-9-6-19(7-10-23)12-14-30-18-26(33)20-4-3-5-22(29)16-20;;/h3-11,13,15-17,26,30,33H,2,12,14,18H2,1H3,(H,31,34);2*1H/t26-;;/m1../s1. The number of carbonyl (C=O) groups excluding carboxylic acids is 1. The summed E-state index contributed by atoms with van der Waals surface area (Å²) in [5.74, 6) is 1.28. The second-order valence-corrected chi connectivity index (χ2v) is 8.61. The minimum Gasteiger partial charge on any atom is -0.457 e. The first kappa shape index (κ1) is 30.4. The lowest BCUT2D eigenvalue weighted by molar-refractivity contribution is 0.0956. The minimum atomic E-state index is -0.600. The summed E-state index contributed by atoms with van der Waals surface area (Å²) in [6.07, 6.45) is 1.90. The Morgan fingerprint density at radius 2 is 1.84 bits per heavy atom. The van der Waals surface area contributed by atoms with Gasteiger partial charge in [-0.2, -0.15) is 0 Å². The topological polar surface area (TPSA) is 83.5 Å². The number of hydrogen-bond acceptors (Lipinski definition) is 5. The molecule has 196 valence electrons. The van der Waals surface area contributed by atoms with E-state index in [9.17, 15) is 9.90 Å². The van der Waals surface area contributed by atoms with E-state index in [2.05, 4.69) is 15.6 Å². The number of hydrogen-bond donors (Lipinski definition) is 3. The van der Waals surface area contributed by atoms with Crippen molar-refractivity contribution in [3.05, 3.63) is 101 Å². The summed E-state index contributed by atoms with van der Waals surface area (Å²) in [4.78, 5) is 16.5. The number of benzene rings is 3. The average Bonchev–Trinajstić information content (AvgIpc) is 2.87. The molecule has 0 fully saturated rings. The Labute approximate surface area is 234 Å². The van der Waals surface area contributed by atoms with Crippen LogP contribution in [0.3, 0.4) is 0 Å². The van der Waals surface area contributed by atoms with Crippen LogP contribution in [0.5, 0.6) is 11.5 Å². The highest BCUT2D eigenvalue weighted by molar-refractivity contribution is 6.30. The van der Waals surface area contributed by atoms with Crippen LogP contribution >= 0.6 is 36.4 Å². The van der Waals surface area contributed by atoms with E-state index in [-0.39, 0.29) is 30.7 Å². The van der Waals surface area contributed by atoms with Crippen molar-refractivity contribution in [1.82, 2.24) is 15.6 Å². The Morgan fingerprint density at radius 1 is 1.05 bits per heavy atom. The van der Waals surface area contributed by atoms with Crippen molar-refractivity contribution in [3.63, 3.8) is 0 Å². The van der Waals surface area contributed by atoms with Gasteiger partial charge in [-0.1, -0.05) is 35.9 Å². The van der Waals surface area contributed by atoms with Crippen molar-refractivity contribution in [3.8, 4) is 11.5 Å². The van der Waals surface area contributed by atoms with E-state index >= 15 is 0 Å². The zero-order chi connectivity index (χ0) is 24.6. The van der Waals surface area contributed by atoms with Gasteiger partial charge in [-0.3, -0.25) is 9.78 Å². The molecule has 0 aliphatic rings. The first-order valence-electron chi connectivity index (χ1n) is 11.6. The third-order valence-electron chi connectivity index (χ3n) is 5.61. The molecule has 1 heterocycles. The number of amides is 1. The molecule has 4 rings (SSSR count). The van der Waals surface area contributed by atoms with Crippen molar-refractivity contribution >= 4 is 53.2 Å². The molecule has 0 saturated heterocycles. The highest BCUT2D eigenvalue weighted by Crippen LogP contribution is 2.29. The quantitative estimate of drug-likeness (QED) is 0.202. The Balaban J connectivity index is 0.00000241. The average molecular weight is 563 g/mol. The van der Waals surface area contributed by atoms with Crippen LogP contribution in [-0.2, 0) is 6.42 Å². The highest BCUT2D eigenvalue weighted by atomic mass is 35.5. The van der Waals surface area contributed by atoms with Gasteiger partial charge in [-0.15, -0.1) is 24.8 Å². The summed E-state index contributed by atoms with van der Waals surface area (Å²) in [7, 11) is 0. The molecule has 0 unspecified atom stereocenters. The number of pyridine rings is 1. The Bertz CT molecular complexity index is 1300. The lowest BCUT2D eigenvalue weighted by atomic mass is 10.1. The predicted molar refractivity (Wildman–Crippen MR) is 154 cm³/mol. The first-order valence-corrected chi connectivity index (χ1v) is 12.0. The van der Waals surface area contributed by atoms with Crippen molar-refractivity contribution in [1.29, 1.82) is 0 Å². The zero-order valence-corrected chi connectivity index (χ0v) is 22.7. The molecule has 1 atom stereocenters. The summed E-state index contributed by atoms with van der Waals surface area (Å²) >= 11 is 5.99. The van der Waals surface area contributed by atoms with Gasteiger partial charge in [0.25, 0.3) is 5.91 Å². The number of aliphatic hydroxyl groups is 1. The van der Waals surface area contributed by atoms with Gasteiger partial charge >= 0.3 is 0 Å². The van der Waals surface area contributed by atoms with E-state index in [0.717, 1.165) is 35.2 Å². The fraction of sp³-hybridized carbons (Fsp3) is 0.214. The first-order chi connectivity index (χ1) is 17.0. The normalized spacial score (nSPS) is 11.2. The predicted octanol–water partition coefficient (Wildman–Crippen LogP) is 6.14. The van der Waals surface area contributed by atoms with E-state index < -0.39 is 6.10 Å². The number of nitrogens with zero attached hydrogens (tertiary/aromatic N) is 1. The lowest BCUT2D eigenvalue weighted by Crippen LogP contribution is -2.23. The smallest absolute Gasteiger partial charge is 0.251 e. The van der Waals surface area contributed by atoms with Crippen molar-refractivity contribution in [2.45, 2.75) is 19.4 Å². The second-order valence-electron chi connectivity index (χ2n) is 8.17. The number of carbonyl (C=O) groups is 1. The van der Waals surface area contributed by atoms with Crippen molar-refractivity contribution in [2.75, 3.05) is 19.6 Å². The number of halogens is 3. The van der Waals surface area contributed by atoms with Gasteiger partial charge in [0.15, 0.2) is 0 Å². The van der Waals surface area contributed by atoms with Gasteiger partial charge in [0.2, 0.25) is 0 Å². The second kappa shape index (κ2) is 14.8. The molecule has 0 bridgehead atoms. The third kappa shape index (κ3) is 8.32. The molecule has 4 aromatic rings. The summed E-state index contributed by atoms with van der Waals surface area (Å²) in [5.41, 5.74) is 3.24. The molecule has 1 aromatic heterocycles. The molecule has 0 radical (unpaired) electrons. The molecule has 1 amide bonds. The maximum Gasteiger partial charge on any atom is 0.251 e. The van der Waals surface area contributed by atoms with Crippen LogP contribution in [0.4, 0.5) is 0 Å². The van der Waals surface area contributed by atoms with Gasteiger partial charge in [-0.25, -0.2) is 0 Å². The van der Waals surface area contributed by atoms with Crippen molar-refractivity contribution < 1.29 is 14.6 Å². The number of ether oxygens (including phenoxy) is 1. The van der Waals surface area contributed by atoms with Crippen LogP contribution in [0.1, 0.15) is 34.5 Å². The molecular weight excluding hydrogens is 533 g/mol. The van der Waals surface area contributed by atoms with E-state index in [1.54, 1.807) is 30.5 Å². The van der Waals surface area contributed by atoms with Crippen LogP contribution in [0, 0.1) is 0 Å². The van der Waals surface area contributed by atoms with Gasteiger partial charge in [-0.05, 0) is 79.5 Å². The largest absolute Gasteiger partial charge is 0.457 e. The molecule has 0 spiro atoms. The zero-order valence-electron chi connectivity index (χ0n) is 20.3. The molecular formula is C28H30Cl3N3O3. The Kier molecular flexibility index (Phi) is 12.1. The maximum absolute atomic E-state index is 12.1. The Hall–Kier alpha value is -2.87. The summed E-state index contributed by atoms with van der Waals surface area (Å²) in [6, 6.07) is 22.4. The van der Waals surface area contributed by atoms with E-state index in [1.807, 2.05) is 55.5 Å². The molecule has 37 heavy (non-hydrogen) atoms. The molecule has 9 heteroatoms. The number of aromatic nitrogens is 1. The fourth-order valence-corrected chi connectivity index (χ4v) is 3.97. The Morgan fingerprint density at radius 3 is 2.57 bits per heavy atom. The van der Waals surface area contributed by atoms with Crippen LogP contribution in [0.25, 0.3) is 10.9 Å². The minimum absolute atomic E-state index is 0. The highest BCUT2D eigenvalue weighted by Gasteiger charge is 2.10. The molecule has 0 aliphatic carbocycles. The van der Waals surface area contributed by atoms with E-state index in [4.69, 9.17) is 16.3 Å². The SMILES string of the molecule is CCNC(=O)c1ccc2c(Oc3ccc(CCNC[C@@H](O)c4cccc(Cl)c4)cc3)ccnc2c1.Cl.Cl. The number of aliphatic hydroxyl groups excluding tert-OH is 1. The van der Waals surface area contributed by atoms with E-state index in [0.29, 0.717) is 34.9 Å². The monoisotopic (exact) mass is 561 g/mol. The van der Waals surface area contributed by atoms with Crippen LogP contribution in [0.15, 0.2) is 79.0 Å². The van der Waals surface area contributed by atoms with Crippen LogP contribution in [-0.4, -0.2) is 35.6 Å². The van der Waals surface area contributed by atoms with Gasteiger partial charge in [0.1, 0.15) is 11.5 Å².